The normalized spacial score (nSPS) is 9.50. The van der Waals surface area contributed by atoms with Crippen LogP contribution in [0.5, 0.6) is 11.5 Å². The third-order valence-corrected chi connectivity index (χ3v) is 2.27. The van der Waals surface area contributed by atoms with Crippen LogP contribution in [0.1, 0.15) is 10.4 Å². The van der Waals surface area contributed by atoms with Crippen LogP contribution in [-0.4, -0.2) is 39.8 Å². The Balaban J connectivity index is 2.85. The van der Waals surface area contributed by atoms with Crippen LogP contribution in [0.25, 0.3) is 0 Å². The Labute approximate surface area is 105 Å². The molecular formula is C12H15NO5. The number of rotatable bonds is 5. The van der Waals surface area contributed by atoms with Crippen molar-refractivity contribution in [1.29, 1.82) is 0 Å². The lowest BCUT2D eigenvalue weighted by Crippen LogP contribution is -2.30. The Hall–Kier alpha value is -2.24. The molecule has 1 N–H and O–H groups in total. The van der Waals surface area contributed by atoms with Crippen LogP contribution in [0, 0.1) is 0 Å². The second kappa shape index (κ2) is 6.48. The topological polar surface area (TPSA) is 73.9 Å². The minimum absolute atomic E-state index is 0.199. The van der Waals surface area contributed by atoms with E-state index in [1.165, 1.54) is 27.4 Å². The van der Waals surface area contributed by atoms with Crippen LogP contribution in [0.4, 0.5) is 0 Å². The van der Waals surface area contributed by atoms with Gasteiger partial charge in [-0.05, 0) is 18.2 Å². The van der Waals surface area contributed by atoms with E-state index >= 15 is 0 Å². The lowest BCUT2D eigenvalue weighted by atomic mass is 10.1. The van der Waals surface area contributed by atoms with E-state index in [4.69, 9.17) is 9.47 Å². The molecule has 6 nitrogen and oxygen atoms in total. The van der Waals surface area contributed by atoms with E-state index in [0.717, 1.165) is 0 Å². The average Bonchev–Trinajstić information content (AvgIpc) is 2.43. The van der Waals surface area contributed by atoms with E-state index in [-0.39, 0.29) is 6.54 Å². The fourth-order valence-corrected chi connectivity index (χ4v) is 1.31. The van der Waals surface area contributed by atoms with E-state index < -0.39 is 11.9 Å². The average molecular weight is 253 g/mol. The number of nitrogens with one attached hydrogen (secondary N) is 1. The molecule has 0 saturated carbocycles. The van der Waals surface area contributed by atoms with Crippen molar-refractivity contribution >= 4 is 11.9 Å². The molecule has 0 aliphatic carbocycles. The highest BCUT2D eigenvalue weighted by Crippen LogP contribution is 2.23. The lowest BCUT2D eigenvalue weighted by Gasteiger charge is -2.10. The molecule has 0 aliphatic heterocycles. The van der Waals surface area contributed by atoms with Crippen LogP contribution < -0.4 is 14.8 Å². The zero-order chi connectivity index (χ0) is 13.5. The molecule has 0 fully saturated rings. The van der Waals surface area contributed by atoms with Gasteiger partial charge in [0.05, 0.1) is 26.9 Å². The minimum Gasteiger partial charge on any atom is -0.497 e. The van der Waals surface area contributed by atoms with Crippen LogP contribution in [0.2, 0.25) is 0 Å². The molecular weight excluding hydrogens is 238 g/mol. The first-order valence-corrected chi connectivity index (χ1v) is 5.19. The second-order valence-electron chi connectivity index (χ2n) is 3.33. The van der Waals surface area contributed by atoms with Crippen LogP contribution in [-0.2, 0) is 9.53 Å². The molecule has 1 aromatic carbocycles. The predicted molar refractivity (Wildman–Crippen MR) is 63.9 cm³/mol. The van der Waals surface area contributed by atoms with E-state index in [1.54, 1.807) is 12.1 Å². The maximum Gasteiger partial charge on any atom is 0.325 e. The SMILES string of the molecule is COC(=O)CNC(=O)c1cc(OC)ccc1OC. The minimum atomic E-state index is -0.523. The summed E-state index contributed by atoms with van der Waals surface area (Å²) in [6.45, 7) is -0.199. The molecule has 0 atom stereocenters. The zero-order valence-corrected chi connectivity index (χ0v) is 10.5. The fraction of sp³-hybridized carbons (Fsp3) is 0.333. The monoisotopic (exact) mass is 253 g/mol. The van der Waals surface area contributed by atoms with E-state index in [9.17, 15) is 9.59 Å². The number of carbonyl (C=O) groups excluding carboxylic acids is 2. The molecule has 0 radical (unpaired) electrons. The summed E-state index contributed by atoms with van der Waals surface area (Å²) in [4.78, 5) is 22.8. The highest BCUT2D eigenvalue weighted by atomic mass is 16.5. The number of hydrogen-bond acceptors (Lipinski definition) is 5. The Kier molecular flexibility index (Phi) is 4.98. The highest BCUT2D eigenvalue weighted by molar-refractivity contribution is 5.98. The van der Waals surface area contributed by atoms with Gasteiger partial charge in [-0.15, -0.1) is 0 Å². The van der Waals surface area contributed by atoms with Gasteiger partial charge in [0.25, 0.3) is 5.91 Å². The van der Waals surface area contributed by atoms with Crippen molar-refractivity contribution in [1.82, 2.24) is 5.32 Å². The molecule has 1 amide bonds. The first-order valence-electron chi connectivity index (χ1n) is 5.19. The van der Waals surface area contributed by atoms with E-state index in [2.05, 4.69) is 10.1 Å². The molecule has 0 spiro atoms. The summed E-state index contributed by atoms with van der Waals surface area (Å²) in [6, 6.07) is 4.83. The highest BCUT2D eigenvalue weighted by Gasteiger charge is 2.14. The molecule has 0 unspecified atom stereocenters. The number of amides is 1. The van der Waals surface area contributed by atoms with Gasteiger partial charge < -0.3 is 19.5 Å². The maximum absolute atomic E-state index is 11.9. The molecule has 6 heteroatoms. The Morgan fingerprint density at radius 1 is 1.17 bits per heavy atom. The molecule has 0 bridgehead atoms. The summed E-state index contributed by atoms with van der Waals surface area (Å²) >= 11 is 0. The van der Waals surface area contributed by atoms with Crippen molar-refractivity contribution < 1.29 is 23.8 Å². The van der Waals surface area contributed by atoms with Gasteiger partial charge in [0.15, 0.2) is 0 Å². The third kappa shape index (κ3) is 3.38. The number of esters is 1. The van der Waals surface area contributed by atoms with Crippen molar-refractivity contribution in [2.24, 2.45) is 0 Å². The molecule has 0 aliphatic rings. The van der Waals surface area contributed by atoms with Crippen LogP contribution in [0.15, 0.2) is 18.2 Å². The Morgan fingerprint density at radius 3 is 2.44 bits per heavy atom. The van der Waals surface area contributed by atoms with E-state index in [1.807, 2.05) is 0 Å². The lowest BCUT2D eigenvalue weighted by molar-refractivity contribution is -0.139. The summed E-state index contributed by atoms with van der Waals surface area (Å²) in [7, 11) is 4.21. The van der Waals surface area contributed by atoms with Crippen molar-refractivity contribution in [2.75, 3.05) is 27.9 Å². The van der Waals surface area contributed by atoms with Gasteiger partial charge in [0.2, 0.25) is 0 Å². The second-order valence-corrected chi connectivity index (χ2v) is 3.33. The van der Waals surface area contributed by atoms with Gasteiger partial charge in [-0.25, -0.2) is 0 Å². The number of hydrogen-bond donors (Lipinski definition) is 1. The first-order chi connectivity index (χ1) is 8.62. The predicted octanol–water partition coefficient (Wildman–Crippen LogP) is 0.607. The van der Waals surface area contributed by atoms with Crippen molar-refractivity contribution in [3.63, 3.8) is 0 Å². The molecule has 18 heavy (non-hydrogen) atoms. The Bertz CT molecular complexity index is 444. The molecule has 0 saturated heterocycles. The molecule has 1 aromatic rings. The van der Waals surface area contributed by atoms with Crippen LogP contribution in [0.3, 0.4) is 0 Å². The quantitative estimate of drug-likeness (QED) is 0.778. The van der Waals surface area contributed by atoms with Crippen molar-refractivity contribution in [2.45, 2.75) is 0 Å². The third-order valence-electron chi connectivity index (χ3n) is 2.27. The van der Waals surface area contributed by atoms with Crippen LogP contribution >= 0.6 is 0 Å². The summed E-state index contributed by atoms with van der Waals surface area (Å²) in [5.74, 6) is -0.0291. The molecule has 0 heterocycles. The van der Waals surface area contributed by atoms with E-state index in [0.29, 0.717) is 17.1 Å². The van der Waals surface area contributed by atoms with Gasteiger partial charge in [0, 0.05) is 0 Å². The number of carbonyl (C=O) groups is 2. The number of benzene rings is 1. The molecule has 0 aromatic heterocycles. The fourth-order valence-electron chi connectivity index (χ4n) is 1.31. The van der Waals surface area contributed by atoms with Gasteiger partial charge in [-0.1, -0.05) is 0 Å². The van der Waals surface area contributed by atoms with Gasteiger partial charge in [0.1, 0.15) is 18.0 Å². The summed E-state index contributed by atoms with van der Waals surface area (Å²) in [6.07, 6.45) is 0. The molecule has 1 rings (SSSR count). The Morgan fingerprint density at radius 2 is 1.89 bits per heavy atom. The first kappa shape index (κ1) is 13.8. The molecule has 98 valence electrons. The number of ether oxygens (including phenoxy) is 3. The number of methoxy groups -OCH3 is 3. The summed E-state index contributed by atoms with van der Waals surface area (Å²) in [5, 5.41) is 2.43. The standard InChI is InChI=1S/C12H15NO5/c1-16-8-4-5-10(17-2)9(6-8)12(15)13-7-11(14)18-3/h4-6H,7H2,1-3H3,(H,13,15). The summed E-state index contributed by atoms with van der Waals surface area (Å²) < 4.78 is 14.5. The summed E-state index contributed by atoms with van der Waals surface area (Å²) in [5.41, 5.74) is 0.292. The largest absolute Gasteiger partial charge is 0.497 e. The zero-order valence-electron chi connectivity index (χ0n) is 10.5. The van der Waals surface area contributed by atoms with Gasteiger partial charge in [-0.3, -0.25) is 9.59 Å². The van der Waals surface area contributed by atoms with Gasteiger partial charge in [-0.2, -0.15) is 0 Å². The van der Waals surface area contributed by atoms with Crippen molar-refractivity contribution in [3.8, 4) is 11.5 Å². The maximum atomic E-state index is 11.9. The van der Waals surface area contributed by atoms with Gasteiger partial charge >= 0.3 is 5.97 Å². The van der Waals surface area contributed by atoms with Crippen molar-refractivity contribution in [3.05, 3.63) is 23.8 Å². The smallest absolute Gasteiger partial charge is 0.325 e.